The molecule has 0 spiro atoms. The first-order valence-corrected chi connectivity index (χ1v) is 7.61. The summed E-state index contributed by atoms with van der Waals surface area (Å²) in [4.78, 5) is 2.11. The molecule has 0 aliphatic heterocycles. The molecule has 98 valence electrons. The monoisotopic (exact) mass is 326 g/mol. The highest BCUT2D eigenvalue weighted by Crippen LogP contribution is 2.18. The minimum absolute atomic E-state index is 0.588. The van der Waals surface area contributed by atoms with Crippen LogP contribution in [0.15, 0.2) is 28.7 Å². The lowest BCUT2D eigenvalue weighted by atomic mass is 10.2. The van der Waals surface area contributed by atoms with Crippen LogP contribution in [0.1, 0.15) is 31.2 Å². The van der Waals surface area contributed by atoms with Gasteiger partial charge in [-0.1, -0.05) is 40.9 Å². The van der Waals surface area contributed by atoms with Gasteiger partial charge in [0.1, 0.15) is 0 Å². The van der Waals surface area contributed by atoms with Crippen molar-refractivity contribution in [1.82, 2.24) is 10.2 Å². The Balaban J connectivity index is 1.84. The average molecular weight is 327 g/mol. The van der Waals surface area contributed by atoms with E-state index in [1.54, 1.807) is 0 Å². The van der Waals surface area contributed by atoms with Crippen LogP contribution in [0.4, 0.5) is 0 Å². The molecule has 0 saturated heterocycles. The van der Waals surface area contributed by atoms with E-state index in [4.69, 9.17) is 12.2 Å². The molecule has 0 atom stereocenters. The van der Waals surface area contributed by atoms with Crippen molar-refractivity contribution in [3.8, 4) is 0 Å². The summed E-state index contributed by atoms with van der Waals surface area (Å²) in [5.74, 6) is 0. The van der Waals surface area contributed by atoms with Crippen LogP contribution in [-0.2, 0) is 6.54 Å². The van der Waals surface area contributed by atoms with E-state index in [2.05, 4.69) is 50.4 Å². The molecule has 1 N–H and O–H groups in total. The van der Waals surface area contributed by atoms with E-state index in [-0.39, 0.29) is 0 Å². The van der Waals surface area contributed by atoms with Gasteiger partial charge in [0.2, 0.25) is 0 Å². The third-order valence-corrected chi connectivity index (χ3v) is 4.32. The maximum Gasteiger partial charge on any atom is 0.169 e. The fraction of sp³-hybridized carbons (Fsp3) is 0.500. The first-order valence-electron chi connectivity index (χ1n) is 6.41. The molecule has 1 fully saturated rings. The minimum atomic E-state index is 0.588. The molecule has 1 aliphatic rings. The van der Waals surface area contributed by atoms with Gasteiger partial charge in [-0.2, -0.15) is 0 Å². The summed E-state index contributed by atoms with van der Waals surface area (Å²) in [6.07, 6.45) is 5.17. The lowest BCUT2D eigenvalue weighted by Gasteiger charge is -2.24. The highest BCUT2D eigenvalue weighted by Gasteiger charge is 2.16. The van der Waals surface area contributed by atoms with Crippen molar-refractivity contribution in [2.75, 3.05) is 7.05 Å². The van der Waals surface area contributed by atoms with Crippen LogP contribution in [0.25, 0.3) is 0 Å². The van der Waals surface area contributed by atoms with Crippen molar-refractivity contribution in [1.29, 1.82) is 0 Å². The van der Waals surface area contributed by atoms with Crippen molar-refractivity contribution >= 4 is 33.3 Å². The van der Waals surface area contributed by atoms with E-state index >= 15 is 0 Å². The predicted molar refractivity (Wildman–Crippen MR) is 83.6 cm³/mol. The summed E-state index contributed by atoms with van der Waals surface area (Å²) >= 11 is 8.89. The molecule has 1 aromatic carbocycles. The highest BCUT2D eigenvalue weighted by molar-refractivity contribution is 9.10. The van der Waals surface area contributed by atoms with Crippen LogP contribution < -0.4 is 5.32 Å². The normalized spacial score (nSPS) is 15.7. The van der Waals surface area contributed by atoms with Crippen LogP contribution in [0.2, 0.25) is 0 Å². The van der Waals surface area contributed by atoms with E-state index in [1.165, 1.54) is 31.2 Å². The van der Waals surface area contributed by atoms with Crippen molar-refractivity contribution in [3.63, 3.8) is 0 Å². The van der Waals surface area contributed by atoms with Gasteiger partial charge in [0.15, 0.2) is 5.11 Å². The minimum Gasteiger partial charge on any atom is -0.360 e. The molecule has 1 aromatic rings. The zero-order chi connectivity index (χ0) is 13.0. The van der Waals surface area contributed by atoms with Gasteiger partial charge in [0.25, 0.3) is 0 Å². The van der Waals surface area contributed by atoms with E-state index in [1.807, 2.05) is 7.05 Å². The maximum atomic E-state index is 5.44. The molecular weight excluding hydrogens is 308 g/mol. The zero-order valence-corrected chi connectivity index (χ0v) is 13.1. The summed E-state index contributed by atoms with van der Waals surface area (Å²) in [6, 6.07) is 8.97. The standard InChI is InChI=1S/C14H19BrN2S/c1-17(10-11-6-8-12(15)9-7-11)14(18)16-13-4-2-3-5-13/h6-9,13H,2-5,10H2,1H3,(H,16,18). The van der Waals surface area contributed by atoms with Crippen LogP contribution in [0.5, 0.6) is 0 Å². The van der Waals surface area contributed by atoms with Gasteiger partial charge in [0.05, 0.1) is 0 Å². The van der Waals surface area contributed by atoms with Crippen molar-refractivity contribution < 1.29 is 0 Å². The SMILES string of the molecule is CN(Cc1ccc(Br)cc1)C(=S)NC1CCCC1. The zero-order valence-electron chi connectivity index (χ0n) is 10.7. The second-order valence-corrected chi connectivity index (χ2v) is 6.22. The van der Waals surface area contributed by atoms with Gasteiger partial charge in [-0.3, -0.25) is 0 Å². The molecule has 0 bridgehead atoms. The van der Waals surface area contributed by atoms with Crippen molar-refractivity contribution in [3.05, 3.63) is 34.3 Å². The number of rotatable bonds is 3. The topological polar surface area (TPSA) is 15.3 Å². The number of thiocarbonyl (C=S) groups is 1. The molecule has 2 nitrogen and oxygen atoms in total. The Kier molecular flexibility index (Phi) is 5.01. The molecule has 0 unspecified atom stereocenters. The Hall–Kier alpha value is -0.610. The molecule has 0 amide bonds. The smallest absolute Gasteiger partial charge is 0.169 e. The highest BCUT2D eigenvalue weighted by atomic mass is 79.9. The van der Waals surface area contributed by atoms with Crippen molar-refractivity contribution in [2.45, 2.75) is 38.3 Å². The van der Waals surface area contributed by atoms with E-state index in [0.717, 1.165) is 16.1 Å². The Labute approximate surface area is 123 Å². The van der Waals surface area contributed by atoms with Crippen LogP contribution >= 0.6 is 28.1 Å². The summed E-state index contributed by atoms with van der Waals surface area (Å²) < 4.78 is 1.11. The quantitative estimate of drug-likeness (QED) is 0.852. The molecule has 4 heteroatoms. The number of hydrogen-bond acceptors (Lipinski definition) is 1. The molecular formula is C14H19BrN2S. The fourth-order valence-electron chi connectivity index (χ4n) is 2.29. The van der Waals surface area contributed by atoms with Gasteiger partial charge in [0, 0.05) is 24.1 Å². The molecule has 0 aromatic heterocycles. The third kappa shape index (κ3) is 3.95. The summed E-state index contributed by atoms with van der Waals surface area (Å²) in [5.41, 5.74) is 1.27. The van der Waals surface area contributed by atoms with Crippen LogP contribution in [-0.4, -0.2) is 23.1 Å². The molecule has 0 radical (unpaired) electrons. The van der Waals surface area contributed by atoms with E-state index in [0.29, 0.717) is 6.04 Å². The average Bonchev–Trinajstić information content (AvgIpc) is 2.85. The van der Waals surface area contributed by atoms with Crippen LogP contribution in [0, 0.1) is 0 Å². The molecule has 1 aliphatic carbocycles. The van der Waals surface area contributed by atoms with Gasteiger partial charge < -0.3 is 10.2 Å². The number of halogens is 1. The fourth-order valence-corrected chi connectivity index (χ4v) is 2.79. The first kappa shape index (κ1) is 13.8. The summed E-state index contributed by atoms with van der Waals surface area (Å²) in [5, 5.41) is 4.32. The largest absolute Gasteiger partial charge is 0.360 e. The second kappa shape index (κ2) is 6.53. The first-order chi connectivity index (χ1) is 8.65. The molecule has 0 heterocycles. The molecule has 18 heavy (non-hydrogen) atoms. The Morgan fingerprint density at radius 2 is 1.94 bits per heavy atom. The maximum absolute atomic E-state index is 5.44. The van der Waals surface area contributed by atoms with E-state index < -0.39 is 0 Å². The Morgan fingerprint density at radius 1 is 1.33 bits per heavy atom. The van der Waals surface area contributed by atoms with Gasteiger partial charge in [-0.25, -0.2) is 0 Å². The lowest BCUT2D eigenvalue weighted by molar-refractivity contribution is 0.471. The summed E-state index contributed by atoms with van der Waals surface area (Å²) in [7, 11) is 2.05. The van der Waals surface area contributed by atoms with Gasteiger partial charge in [-0.05, 0) is 42.8 Å². The second-order valence-electron chi connectivity index (χ2n) is 4.91. The van der Waals surface area contributed by atoms with Crippen molar-refractivity contribution in [2.24, 2.45) is 0 Å². The Bertz CT molecular complexity index is 399. The Morgan fingerprint density at radius 3 is 2.56 bits per heavy atom. The van der Waals surface area contributed by atoms with Gasteiger partial charge in [-0.15, -0.1) is 0 Å². The van der Waals surface area contributed by atoms with E-state index in [9.17, 15) is 0 Å². The number of hydrogen-bond donors (Lipinski definition) is 1. The molecule has 2 rings (SSSR count). The number of nitrogens with one attached hydrogen (secondary N) is 1. The van der Waals surface area contributed by atoms with Gasteiger partial charge >= 0.3 is 0 Å². The predicted octanol–water partition coefficient (Wildman–Crippen LogP) is 3.70. The summed E-state index contributed by atoms with van der Waals surface area (Å²) in [6.45, 7) is 0.853. The number of benzene rings is 1. The third-order valence-electron chi connectivity index (χ3n) is 3.36. The number of nitrogens with zero attached hydrogens (tertiary/aromatic N) is 1. The van der Waals surface area contributed by atoms with Crippen LogP contribution in [0.3, 0.4) is 0 Å². The lowest BCUT2D eigenvalue weighted by Crippen LogP contribution is -2.41. The molecule has 1 saturated carbocycles.